The lowest BCUT2D eigenvalue weighted by Crippen LogP contribution is -2.41. The molecule has 0 saturated heterocycles. The maximum absolute atomic E-state index is 2.37. The number of hydrogen-bond donors (Lipinski definition) is 0. The first-order valence-electron chi connectivity index (χ1n) is 3.44. The van der Waals surface area contributed by atoms with E-state index in [-0.39, 0.29) is 16.9 Å². The van der Waals surface area contributed by atoms with Gasteiger partial charge in [0, 0.05) is 0 Å². The molecular formula is C7H22NSi+. The molecule has 0 heterocycles. The summed E-state index contributed by atoms with van der Waals surface area (Å²) in [6.45, 7) is 5.90. The molecule has 0 spiro atoms. The Kier molecular flexibility index (Phi) is 6.62. The van der Waals surface area contributed by atoms with Crippen molar-refractivity contribution < 1.29 is 4.48 Å². The minimum Gasteiger partial charge on any atom is -0.333 e. The van der Waals surface area contributed by atoms with Crippen molar-refractivity contribution in [2.24, 2.45) is 0 Å². The van der Waals surface area contributed by atoms with Crippen LogP contribution in [0.2, 0.25) is 6.55 Å². The first kappa shape index (κ1) is 11.9. The van der Waals surface area contributed by atoms with Crippen LogP contribution in [0.1, 0.15) is 14.4 Å². The quantitative estimate of drug-likeness (QED) is 0.412. The Morgan fingerprint density at radius 2 is 1.78 bits per heavy atom. The second-order valence-corrected chi connectivity index (χ2v) is 4.42. The third kappa shape index (κ3) is 6.06. The van der Waals surface area contributed by atoms with Gasteiger partial charge in [-0.05, 0) is 6.92 Å². The van der Waals surface area contributed by atoms with Crippen molar-refractivity contribution in [3.8, 4) is 0 Å². The highest BCUT2D eigenvalue weighted by Gasteiger charge is 2.07. The van der Waals surface area contributed by atoms with Crippen LogP contribution in [-0.2, 0) is 0 Å². The SMILES string of the molecule is C.CC[N+](C)(C)C[SiH2]C. The first-order chi connectivity index (χ1) is 3.62. The summed E-state index contributed by atoms with van der Waals surface area (Å²) >= 11 is 0. The largest absolute Gasteiger partial charge is 0.333 e. The van der Waals surface area contributed by atoms with Gasteiger partial charge in [-0.3, -0.25) is 0 Å². The molecule has 0 aromatic rings. The van der Waals surface area contributed by atoms with E-state index >= 15 is 0 Å². The maximum Gasteiger partial charge on any atom is 0.0847 e. The number of nitrogens with zero attached hydrogens (tertiary/aromatic N) is 1. The molecule has 2 heteroatoms. The average molecular weight is 148 g/mol. The second kappa shape index (κ2) is 5.00. The molecule has 0 aliphatic rings. The molecular weight excluding hydrogens is 126 g/mol. The summed E-state index contributed by atoms with van der Waals surface area (Å²) in [7, 11) is 4.88. The second-order valence-electron chi connectivity index (χ2n) is 2.98. The predicted molar refractivity (Wildman–Crippen MR) is 48.7 cm³/mol. The molecule has 0 unspecified atom stereocenters. The highest BCUT2D eigenvalue weighted by molar-refractivity contribution is 6.33. The number of hydrogen-bond acceptors (Lipinski definition) is 0. The number of quaternary nitrogens is 1. The van der Waals surface area contributed by atoms with Gasteiger partial charge in [0.25, 0.3) is 0 Å². The summed E-state index contributed by atoms with van der Waals surface area (Å²) in [5.74, 6) is 0. The Morgan fingerprint density at radius 3 is 1.89 bits per heavy atom. The lowest BCUT2D eigenvalue weighted by Gasteiger charge is -2.27. The molecule has 58 valence electrons. The van der Waals surface area contributed by atoms with E-state index < -0.39 is 0 Å². The van der Waals surface area contributed by atoms with Gasteiger partial charge in [0.2, 0.25) is 0 Å². The number of rotatable bonds is 3. The highest BCUT2D eigenvalue weighted by Crippen LogP contribution is 1.91. The average Bonchev–Trinajstić information content (AvgIpc) is 1.67. The van der Waals surface area contributed by atoms with Crippen molar-refractivity contribution in [2.45, 2.75) is 20.9 Å². The summed E-state index contributed by atoms with van der Waals surface area (Å²) in [5.41, 5.74) is 0. The van der Waals surface area contributed by atoms with Gasteiger partial charge in [-0.2, -0.15) is 0 Å². The van der Waals surface area contributed by atoms with Crippen LogP contribution in [0.3, 0.4) is 0 Å². The van der Waals surface area contributed by atoms with E-state index in [0.717, 1.165) is 0 Å². The van der Waals surface area contributed by atoms with Gasteiger partial charge in [-0.25, -0.2) is 0 Å². The molecule has 0 fully saturated rings. The van der Waals surface area contributed by atoms with Gasteiger partial charge < -0.3 is 4.48 Å². The van der Waals surface area contributed by atoms with Gasteiger partial charge in [-0.15, -0.1) is 0 Å². The fourth-order valence-corrected chi connectivity index (χ4v) is 2.29. The topological polar surface area (TPSA) is 0 Å². The molecule has 0 atom stereocenters. The van der Waals surface area contributed by atoms with Gasteiger partial charge in [0.15, 0.2) is 0 Å². The van der Waals surface area contributed by atoms with E-state index in [9.17, 15) is 0 Å². The van der Waals surface area contributed by atoms with Crippen LogP contribution in [-0.4, -0.2) is 40.8 Å². The lowest BCUT2D eigenvalue weighted by molar-refractivity contribution is -0.877. The minimum atomic E-state index is 0. The van der Waals surface area contributed by atoms with Gasteiger partial charge in [0.1, 0.15) is 0 Å². The van der Waals surface area contributed by atoms with E-state index in [0.29, 0.717) is 0 Å². The van der Waals surface area contributed by atoms with Crippen LogP contribution in [0, 0.1) is 0 Å². The van der Waals surface area contributed by atoms with E-state index in [4.69, 9.17) is 0 Å². The van der Waals surface area contributed by atoms with Gasteiger partial charge in [0.05, 0.1) is 36.3 Å². The molecule has 0 radical (unpaired) electrons. The summed E-state index contributed by atoms with van der Waals surface area (Å²) in [5, 5.41) is 0. The Morgan fingerprint density at radius 1 is 1.33 bits per heavy atom. The maximum atomic E-state index is 2.37. The van der Waals surface area contributed by atoms with Gasteiger partial charge >= 0.3 is 0 Å². The Hall–Kier alpha value is 0.177. The van der Waals surface area contributed by atoms with Crippen molar-refractivity contribution in [1.29, 1.82) is 0 Å². The molecule has 0 aromatic carbocycles. The molecule has 9 heavy (non-hydrogen) atoms. The van der Waals surface area contributed by atoms with Crippen LogP contribution < -0.4 is 0 Å². The molecule has 0 saturated carbocycles. The van der Waals surface area contributed by atoms with Crippen molar-refractivity contribution >= 4 is 9.52 Å². The van der Waals surface area contributed by atoms with Crippen molar-refractivity contribution in [3.05, 3.63) is 0 Å². The zero-order valence-electron chi connectivity index (χ0n) is 6.57. The molecule has 0 bridgehead atoms. The Bertz CT molecular complexity index is 61.9. The fraction of sp³-hybridized carbons (Fsp3) is 1.00. The van der Waals surface area contributed by atoms with Crippen LogP contribution in [0.25, 0.3) is 0 Å². The van der Waals surface area contributed by atoms with Crippen molar-refractivity contribution in [3.63, 3.8) is 0 Å². The summed E-state index contributed by atoms with van der Waals surface area (Å²) in [6.07, 6.45) is 1.44. The molecule has 0 aliphatic heterocycles. The molecule has 0 amide bonds. The Labute approximate surface area is 62.5 Å². The smallest absolute Gasteiger partial charge is 0.0847 e. The summed E-state index contributed by atoms with van der Waals surface area (Å²) in [4.78, 5) is 0. The minimum absolute atomic E-state index is 0. The van der Waals surface area contributed by atoms with E-state index in [1.807, 2.05) is 0 Å². The highest BCUT2D eigenvalue weighted by atomic mass is 28.2. The van der Waals surface area contributed by atoms with Crippen LogP contribution in [0.4, 0.5) is 0 Å². The van der Waals surface area contributed by atoms with Crippen molar-refractivity contribution in [2.75, 3.05) is 26.8 Å². The van der Waals surface area contributed by atoms with E-state index in [1.165, 1.54) is 17.2 Å². The van der Waals surface area contributed by atoms with Crippen LogP contribution in [0.15, 0.2) is 0 Å². The van der Waals surface area contributed by atoms with E-state index in [1.54, 1.807) is 0 Å². The molecule has 0 aliphatic carbocycles. The van der Waals surface area contributed by atoms with Gasteiger partial charge in [-0.1, -0.05) is 14.0 Å². The monoisotopic (exact) mass is 148 g/mol. The van der Waals surface area contributed by atoms with Crippen LogP contribution in [0.5, 0.6) is 0 Å². The molecule has 0 N–H and O–H groups in total. The first-order valence-corrected chi connectivity index (χ1v) is 5.86. The third-order valence-corrected chi connectivity index (χ3v) is 3.34. The molecule has 0 rings (SSSR count). The lowest BCUT2D eigenvalue weighted by atomic mass is 10.6. The fourth-order valence-electron chi connectivity index (χ4n) is 0.763. The summed E-state index contributed by atoms with van der Waals surface area (Å²) in [6, 6.07) is 0. The zero-order valence-corrected chi connectivity index (χ0v) is 7.98. The van der Waals surface area contributed by atoms with Crippen molar-refractivity contribution in [1.82, 2.24) is 0 Å². The third-order valence-electron chi connectivity index (χ3n) is 1.68. The molecule has 1 nitrogen and oxygen atoms in total. The summed E-state index contributed by atoms with van der Waals surface area (Å²) < 4.78 is 1.22. The zero-order chi connectivity index (χ0) is 6.62. The van der Waals surface area contributed by atoms with E-state index in [2.05, 4.69) is 27.6 Å². The normalized spacial score (nSPS) is 12.0. The Balaban J connectivity index is 0. The standard InChI is InChI=1S/C6H18NSi.CH4/c1-5-7(2,3)6-8-4;/h5-6,8H2,1-4H3;1H4/q+1;. The van der Waals surface area contributed by atoms with Crippen LogP contribution >= 0.6 is 0 Å². The molecule has 0 aromatic heterocycles. The predicted octanol–water partition coefficient (Wildman–Crippen LogP) is 0.893.